The van der Waals surface area contributed by atoms with E-state index in [1.807, 2.05) is 0 Å². The third-order valence-corrected chi connectivity index (χ3v) is 2.84. The molecule has 2 atom stereocenters. The Morgan fingerprint density at radius 3 is 2.45 bits per heavy atom. The fourth-order valence-electron chi connectivity index (χ4n) is 1.76. The number of hydrogen-bond acceptors (Lipinski definition) is 3. The van der Waals surface area contributed by atoms with Crippen LogP contribution in [0.15, 0.2) is 0 Å². The smallest absolute Gasteiger partial charge is 0.0645 e. The van der Waals surface area contributed by atoms with Crippen molar-refractivity contribution in [2.24, 2.45) is 11.7 Å². The van der Waals surface area contributed by atoms with Gasteiger partial charge >= 0.3 is 0 Å². The van der Waals surface area contributed by atoms with Crippen molar-refractivity contribution in [1.82, 2.24) is 4.90 Å². The maximum Gasteiger partial charge on any atom is 0.0645 e. The summed E-state index contributed by atoms with van der Waals surface area (Å²) in [7, 11) is 0. The summed E-state index contributed by atoms with van der Waals surface area (Å²) >= 11 is 0. The van der Waals surface area contributed by atoms with E-state index in [4.69, 9.17) is 10.5 Å². The summed E-state index contributed by atoms with van der Waals surface area (Å²) in [5, 5.41) is 0. The van der Waals surface area contributed by atoms with Gasteiger partial charge in [0, 0.05) is 19.1 Å². The summed E-state index contributed by atoms with van der Waals surface area (Å²) in [6.07, 6.45) is 0. The molecule has 2 N–H and O–H groups in total. The molecular weight excluding hydrogens is 140 g/mol. The van der Waals surface area contributed by atoms with Crippen molar-refractivity contribution >= 4 is 0 Å². The van der Waals surface area contributed by atoms with Gasteiger partial charge in [0.15, 0.2) is 0 Å². The third-order valence-electron chi connectivity index (χ3n) is 2.84. The van der Waals surface area contributed by atoms with Gasteiger partial charge in [-0.15, -0.1) is 0 Å². The van der Waals surface area contributed by atoms with Crippen LogP contribution < -0.4 is 5.73 Å². The fraction of sp³-hybridized carbons (Fsp3) is 1.00. The van der Waals surface area contributed by atoms with Gasteiger partial charge in [-0.1, -0.05) is 6.92 Å². The average Bonchev–Trinajstić information content (AvgIpc) is 2.08. The van der Waals surface area contributed by atoms with Crippen LogP contribution in [0.25, 0.3) is 0 Å². The first kappa shape index (κ1) is 7.53. The van der Waals surface area contributed by atoms with Gasteiger partial charge in [-0.05, 0) is 5.92 Å². The molecule has 0 aliphatic carbocycles. The molecule has 2 heterocycles. The molecule has 2 saturated heterocycles. The standard InChI is InChI=1S/C8H16N2O/c1-6-2-10(3-8(6)9)7-4-11-5-7/h6-8H,2-5,9H2,1H3/t6-,8+/m0/s1. The Hall–Kier alpha value is -0.120. The first-order valence-electron chi connectivity index (χ1n) is 4.35. The molecule has 2 aliphatic rings. The third kappa shape index (κ3) is 1.28. The molecule has 0 saturated carbocycles. The van der Waals surface area contributed by atoms with E-state index in [0.717, 1.165) is 26.3 Å². The highest BCUT2D eigenvalue weighted by molar-refractivity contribution is 4.89. The van der Waals surface area contributed by atoms with Crippen LogP contribution in [-0.2, 0) is 4.74 Å². The molecule has 3 heteroatoms. The van der Waals surface area contributed by atoms with E-state index < -0.39 is 0 Å². The Morgan fingerprint density at radius 2 is 2.09 bits per heavy atom. The summed E-state index contributed by atoms with van der Waals surface area (Å²) in [5.41, 5.74) is 5.90. The zero-order valence-electron chi connectivity index (χ0n) is 6.99. The molecule has 2 fully saturated rings. The molecule has 11 heavy (non-hydrogen) atoms. The van der Waals surface area contributed by atoms with Gasteiger partial charge in [0.25, 0.3) is 0 Å². The maximum absolute atomic E-state index is 5.90. The Labute approximate surface area is 67.5 Å². The predicted molar refractivity (Wildman–Crippen MR) is 43.3 cm³/mol. The zero-order valence-corrected chi connectivity index (χ0v) is 6.99. The van der Waals surface area contributed by atoms with Crippen LogP contribution >= 0.6 is 0 Å². The number of ether oxygens (including phenoxy) is 1. The van der Waals surface area contributed by atoms with Gasteiger partial charge in [-0.2, -0.15) is 0 Å². The lowest BCUT2D eigenvalue weighted by Crippen LogP contribution is -2.48. The van der Waals surface area contributed by atoms with E-state index in [9.17, 15) is 0 Å². The minimum atomic E-state index is 0.385. The van der Waals surface area contributed by atoms with Gasteiger partial charge in [0.2, 0.25) is 0 Å². The van der Waals surface area contributed by atoms with Crippen LogP contribution in [-0.4, -0.2) is 43.3 Å². The molecule has 2 rings (SSSR count). The molecule has 0 aromatic carbocycles. The van der Waals surface area contributed by atoms with E-state index in [1.165, 1.54) is 0 Å². The quantitative estimate of drug-likeness (QED) is 0.564. The van der Waals surface area contributed by atoms with Crippen molar-refractivity contribution in [3.63, 3.8) is 0 Å². The molecular formula is C8H16N2O. The Morgan fingerprint density at radius 1 is 1.36 bits per heavy atom. The molecule has 0 unspecified atom stereocenters. The first-order valence-corrected chi connectivity index (χ1v) is 4.35. The Balaban J connectivity index is 1.87. The van der Waals surface area contributed by atoms with Crippen molar-refractivity contribution in [1.29, 1.82) is 0 Å². The highest BCUT2D eigenvalue weighted by Crippen LogP contribution is 2.20. The van der Waals surface area contributed by atoms with E-state index in [2.05, 4.69) is 11.8 Å². The molecule has 64 valence electrons. The molecule has 0 radical (unpaired) electrons. The summed E-state index contributed by atoms with van der Waals surface area (Å²) in [6, 6.07) is 1.06. The minimum absolute atomic E-state index is 0.385. The first-order chi connectivity index (χ1) is 5.27. The Kier molecular flexibility index (Phi) is 1.87. The van der Waals surface area contributed by atoms with Crippen LogP contribution in [0.3, 0.4) is 0 Å². The lowest BCUT2D eigenvalue weighted by Gasteiger charge is -2.34. The molecule has 0 aromatic rings. The van der Waals surface area contributed by atoms with Crippen LogP contribution in [0.4, 0.5) is 0 Å². The van der Waals surface area contributed by atoms with Gasteiger partial charge < -0.3 is 10.5 Å². The SMILES string of the molecule is C[C@H]1CN(C2COC2)C[C@H]1N. The number of hydrogen-bond donors (Lipinski definition) is 1. The largest absolute Gasteiger partial charge is 0.378 e. The normalized spacial score (nSPS) is 40.9. The van der Waals surface area contributed by atoms with Crippen molar-refractivity contribution in [3.05, 3.63) is 0 Å². The summed E-state index contributed by atoms with van der Waals surface area (Å²) in [5.74, 6) is 0.663. The minimum Gasteiger partial charge on any atom is -0.378 e. The number of nitrogens with zero attached hydrogens (tertiary/aromatic N) is 1. The Bertz CT molecular complexity index is 137. The monoisotopic (exact) mass is 156 g/mol. The van der Waals surface area contributed by atoms with E-state index >= 15 is 0 Å². The predicted octanol–water partition coefficient (Wildman–Crippen LogP) is -0.336. The second kappa shape index (κ2) is 2.73. The van der Waals surface area contributed by atoms with Crippen molar-refractivity contribution < 1.29 is 4.74 Å². The van der Waals surface area contributed by atoms with Crippen molar-refractivity contribution in [2.75, 3.05) is 26.3 Å². The number of rotatable bonds is 1. The number of nitrogens with two attached hydrogens (primary N) is 1. The van der Waals surface area contributed by atoms with Crippen LogP contribution in [0, 0.1) is 5.92 Å². The van der Waals surface area contributed by atoms with Crippen LogP contribution in [0.5, 0.6) is 0 Å². The lowest BCUT2D eigenvalue weighted by atomic mass is 10.1. The fourth-order valence-corrected chi connectivity index (χ4v) is 1.76. The van der Waals surface area contributed by atoms with E-state index in [1.54, 1.807) is 0 Å². The molecule has 0 amide bonds. The summed E-state index contributed by atoms with van der Waals surface area (Å²) in [6.45, 7) is 6.29. The second-order valence-electron chi connectivity index (χ2n) is 3.79. The average molecular weight is 156 g/mol. The van der Waals surface area contributed by atoms with Gasteiger partial charge in [0.05, 0.1) is 19.3 Å². The van der Waals surface area contributed by atoms with Gasteiger partial charge in [0.1, 0.15) is 0 Å². The highest BCUT2D eigenvalue weighted by Gasteiger charge is 2.34. The van der Waals surface area contributed by atoms with Crippen LogP contribution in [0.1, 0.15) is 6.92 Å². The zero-order chi connectivity index (χ0) is 7.84. The second-order valence-corrected chi connectivity index (χ2v) is 3.79. The molecule has 0 aromatic heterocycles. The summed E-state index contributed by atoms with van der Waals surface area (Å²) in [4.78, 5) is 2.46. The lowest BCUT2D eigenvalue weighted by molar-refractivity contribution is -0.0581. The van der Waals surface area contributed by atoms with Crippen molar-refractivity contribution in [2.45, 2.75) is 19.0 Å². The van der Waals surface area contributed by atoms with Crippen molar-refractivity contribution in [3.8, 4) is 0 Å². The highest BCUT2D eigenvalue weighted by atomic mass is 16.5. The van der Waals surface area contributed by atoms with E-state index in [-0.39, 0.29) is 0 Å². The topological polar surface area (TPSA) is 38.5 Å². The van der Waals surface area contributed by atoms with Gasteiger partial charge in [-0.3, -0.25) is 4.90 Å². The molecule has 3 nitrogen and oxygen atoms in total. The molecule has 0 bridgehead atoms. The summed E-state index contributed by atoms with van der Waals surface area (Å²) < 4.78 is 5.14. The molecule has 0 spiro atoms. The maximum atomic E-state index is 5.90. The van der Waals surface area contributed by atoms with E-state index in [0.29, 0.717) is 18.0 Å². The molecule has 2 aliphatic heterocycles. The number of likely N-dealkylation sites (tertiary alicyclic amines) is 1. The van der Waals surface area contributed by atoms with Crippen LogP contribution in [0.2, 0.25) is 0 Å². The van der Waals surface area contributed by atoms with Gasteiger partial charge in [-0.25, -0.2) is 0 Å².